The van der Waals surface area contributed by atoms with Crippen LogP contribution in [0.4, 0.5) is 11.4 Å². The number of thioether (sulfide) groups is 1. The molecule has 0 aliphatic rings. The normalized spacial score (nSPS) is 10.3. The average Bonchev–Trinajstić information content (AvgIpc) is 2.93. The highest BCUT2D eigenvalue weighted by molar-refractivity contribution is 8.00. The van der Waals surface area contributed by atoms with Crippen LogP contribution in [0, 0.1) is 0 Å². The van der Waals surface area contributed by atoms with Crippen LogP contribution in [0.2, 0.25) is 0 Å². The summed E-state index contributed by atoms with van der Waals surface area (Å²) in [6.45, 7) is 0. The summed E-state index contributed by atoms with van der Waals surface area (Å²) in [4.78, 5) is 26.3. The number of carbonyl (C=O) groups excluding carboxylic acids is 2. The zero-order valence-electron chi connectivity index (χ0n) is 20.4. The lowest BCUT2D eigenvalue weighted by molar-refractivity contribution is -0.113. The molecule has 4 rings (SSSR count). The van der Waals surface area contributed by atoms with Crippen LogP contribution in [0.15, 0.2) is 102 Å². The third kappa shape index (κ3) is 7.05. The van der Waals surface area contributed by atoms with Crippen LogP contribution in [0.5, 0.6) is 23.0 Å². The number of benzene rings is 4. The molecule has 0 saturated heterocycles. The summed E-state index contributed by atoms with van der Waals surface area (Å²) in [6, 6.07) is 29.1. The van der Waals surface area contributed by atoms with Crippen LogP contribution in [0.3, 0.4) is 0 Å². The van der Waals surface area contributed by atoms with Crippen molar-refractivity contribution in [2.45, 2.75) is 4.90 Å². The van der Waals surface area contributed by atoms with Gasteiger partial charge in [0.15, 0.2) is 0 Å². The van der Waals surface area contributed by atoms with E-state index in [1.54, 1.807) is 48.5 Å². The van der Waals surface area contributed by atoms with Gasteiger partial charge in [-0.05, 0) is 66.7 Å². The Morgan fingerprint density at radius 2 is 1.35 bits per heavy atom. The van der Waals surface area contributed by atoms with Crippen molar-refractivity contribution in [1.82, 2.24) is 0 Å². The molecule has 0 fully saturated rings. The molecule has 0 aliphatic carbocycles. The lowest BCUT2D eigenvalue weighted by Gasteiger charge is -2.13. The predicted molar refractivity (Wildman–Crippen MR) is 146 cm³/mol. The zero-order chi connectivity index (χ0) is 26.0. The molecule has 7 nitrogen and oxygen atoms in total. The zero-order valence-corrected chi connectivity index (χ0v) is 21.2. The fourth-order valence-electron chi connectivity index (χ4n) is 3.51. The van der Waals surface area contributed by atoms with Crippen molar-refractivity contribution in [3.05, 3.63) is 103 Å². The van der Waals surface area contributed by atoms with E-state index in [1.165, 1.54) is 26.0 Å². The standard InChI is InChI=1S/C29H26N2O5S/c1-34-25-12-7-13-26(35-2)28(25)29(33)31-21-8-6-11-24(18-21)37-19-27(32)30-20-14-16-23(17-15-20)36-22-9-4-3-5-10-22/h3-18H,19H2,1-2H3,(H,30,32)(H,31,33). The Labute approximate surface area is 219 Å². The van der Waals surface area contributed by atoms with Gasteiger partial charge in [-0.3, -0.25) is 9.59 Å². The molecule has 0 unspecified atom stereocenters. The van der Waals surface area contributed by atoms with Crippen LogP contribution in [0.25, 0.3) is 0 Å². The van der Waals surface area contributed by atoms with E-state index in [9.17, 15) is 9.59 Å². The van der Waals surface area contributed by atoms with Gasteiger partial charge in [0.05, 0.1) is 20.0 Å². The molecule has 4 aromatic carbocycles. The summed E-state index contributed by atoms with van der Waals surface area (Å²) in [5.74, 6) is 1.97. The number of amides is 2. The Hall–Kier alpha value is -4.43. The minimum atomic E-state index is -0.353. The molecular formula is C29H26N2O5S. The van der Waals surface area contributed by atoms with Crippen molar-refractivity contribution < 1.29 is 23.8 Å². The van der Waals surface area contributed by atoms with Crippen molar-refractivity contribution >= 4 is 35.0 Å². The molecule has 2 N–H and O–H groups in total. The number of anilines is 2. The maximum Gasteiger partial charge on any atom is 0.263 e. The molecule has 0 radical (unpaired) electrons. The monoisotopic (exact) mass is 514 g/mol. The summed E-state index contributed by atoms with van der Waals surface area (Å²) in [7, 11) is 3.00. The van der Waals surface area contributed by atoms with Crippen molar-refractivity contribution in [2.75, 3.05) is 30.6 Å². The number of hydrogen-bond acceptors (Lipinski definition) is 6. The summed E-state index contributed by atoms with van der Waals surface area (Å²) in [5, 5.41) is 5.76. The Kier molecular flexibility index (Phi) is 8.67. The molecule has 0 saturated carbocycles. The number of carbonyl (C=O) groups is 2. The fraction of sp³-hybridized carbons (Fsp3) is 0.103. The van der Waals surface area contributed by atoms with Gasteiger partial charge < -0.3 is 24.8 Å². The highest BCUT2D eigenvalue weighted by Crippen LogP contribution is 2.30. The molecule has 0 bridgehead atoms. The van der Waals surface area contributed by atoms with Crippen molar-refractivity contribution in [1.29, 1.82) is 0 Å². The second-order valence-corrected chi connectivity index (χ2v) is 8.84. The topological polar surface area (TPSA) is 85.9 Å². The van der Waals surface area contributed by atoms with Gasteiger partial charge in [0.1, 0.15) is 28.6 Å². The van der Waals surface area contributed by atoms with Crippen LogP contribution >= 0.6 is 11.8 Å². The first kappa shape index (κ1) is 25.7. The number of ether oxygens (including phenoxy) is 3. The van der Waals surface area contributed by atoms with E-state index in [0.717, 1.165) is 10.6 Å². The van der Waals surface area contributed by atoms with Crippen molar-refractivity contribution in [3.63, 3.8) is 0 Å². The number of rotatable bonds is 10. The van der Waals surface area contributed by atoms with Gasteiger partial charge in [-0.15, -0.1) is 11.8 Å². The van der Waals surface area contributed by atoms with Gasteiger partial charge in [-0.25, -0.2) is 0 Å². The first-order chi connectivity index (χ1) is 18.1. The number of nitrogens with one attached hydrogen (secondary N) is 2. The van der Waals surface area contributed by atoms with Gasteiger partial charge in [0, 0.05) is 16.3 Å². The smallest absolute Gasteiger partial charge is 0.263 e. The van der Waals surface area contributed by atoms with E-state index >= 15 is 0 Å². The molecule has 188 valence electrons. The molecule has 37 heavy (non-hydrogen) atoms. The van der Waals surface area contributed by atoms with E-state index in [-0.39, 0.29) is 17.6 Å². The quantitative estimate of drug-likeness (QED) is 0.236. The second-order valence-electron chi connectivity index (χ2n) is 7.80. The molecule has 8 heteroatoms. The van der Waals surface area contributed by atoms with E-state index in [4.69, 9.17) is 14.2 Å². The van der Waals surface area contributed by atoms with Gasteiger partial charge >= 0.3 is 0 Å². The lowest BCUT2D eigenvalue weighted by Crippen LogP contribution is -2.15. The molecular weight excluding hydrogens is 488 g/mol. The van der Waals surface area contributed by atoms with E-state index < -0.39 is 0 Å². The maximum atomic E-state index is 12.9. The average molecular weight is 515 g/mol. The highest BCUT2D eigenvalue weighted by atomic mass is 32.2. The van der Waals surface area contributed by atoms with E-state index in [1.807, 2.05) is 48.5 Å². The van der Waals surface area contributed by atoms with Crippen molar-refractivity contribution in [2.24, 2.45) is 0 Å². The molecule has 2 amide bonds. The Bertz CT molecular complexity index is 1340. The van der Waals surface area contributed by atoms with Crippen LogP contribution in [-0.2, 0) is 4.79 Å². The molecule has 0 spiro atoms. The minimum absolute atomic E-state index is 0.144. The SMILES string of the molecule is COc1cccc(OC)c1C(=O)Nc1cccc(SCC(=O)Nc2ccc(Oc3ccccc3)cc2)c1. The van der Waals surface area contributed by atoms with Crippen LogP contribution in [0.1, 0.15) is 10.4 Å². The first-order valence-corrected chi connectivity index (χ1v) is 12.4. The summed E-state index contributed by atoms with van der Waals surface area (Å²) >= 11 is 1.37. The fourth-order valence-corrected chi connectivity index (χ4v) is 4.26. The second kappa shape index (κ2) is 12.5. The minimum Gasteiger partial charge on any atom is -0.496 e. The predicted octanol–water partition coefficient (Wildman–Crippen LogP) is 6.48. The van der Waals surface area contributed by atoms with Gasteiger partial charge in [-0.1, -0.05) is 30.3 Å². The Morgan fingerprint density at radius 1 is 0.703 bits per heavy atom. The van der Waals surface area contributed by atoms with Gasteiger partial charge in [-0.2, -0.15) is 0 Å². The first-order valence-electron chi connectivity index (χ1n) is 11.4. The lowest BCUT2D eigenvalue weighted by atomic mass is 10.1. The van der Waals surface area contributed by atoms with Gasteiger partial charge in [0.2, 0.25) is 5.91 Å². The van der Waals surface area contributed by atoms with Crippen LogP contribution < -0.4 is 24.8 Å². The number of hydrogen-bond donors (Lipinski definition) is 2. The summed E-state index contributed by atoms with van der Waals surface area (Å²) < 4.78 is 16.4. The Balaban J connectivity index is 1.32. The van der Waals surface area contributed by atoms with E-state index in [0.29, 0.717) is 34.2 Å². The maximum absolute atomic E-state index is 12.9. The highest BCUT2D eigenvalue weighted by Gasteiger charge is 2.18. The molecule has 0 heterocycles. The number of para-hydroxylation sites is 1. The third-order valence-electron chi connectivity index (χ3n) is 5.23. The molecule has 0 aromatic heterocycles. The molecule has 0 atom stereocenters. The van der Waals surface area contributed by atoms with E-state index in [2.05, 4.69) is 10.6 Å². The summed E-state index contributed by atoms with van der Waals surface area (Å²) in [5.41, 5.74) is 1.58. The summed E-state index contributed by atoms with van der Waals surface area (Å²) in [6.07, 6.45) is 0. The third-order valence-corrected chi connectivity index (χ3v) is 6.23. The number of methoxy groups -OCH3 is 2. The van der Waals surface area contributed by atoms with Gasteiger partial charge in [0.25, 0.3) is 5.91 Å². The largest absolute Gasteiger partial charge is 0.496 e. The molecule has 4 aromatic rings. The Morgan fingerprint density at radius 3 is 2.03 bits per heavy atom. The van der Waals surface area contributed by atoms with Crippen LogP contribution in [-0.4, -0.2) is 31.8 Å². The molecule has 0 aliphatic heterocycles. The van der Waals surface area contributed by atoms with Crippen molar-refractivity contribution in [3.8, 4) is 23.0 Å².